The number of fused-ring (bicyclic) bond motifs is 1. The van der Waals surface area contributed by atoms with Gasteiger partial charge >= 0.3 is 6.09 Å². The Morgan fingerprint density at radius 3 is 2.51 bits per heavy atom. The Labute approximate surface area is 213 Å². The molecular weight excluding hydrogens is 484 g/mol. The maximum absolute atomic E-state index is 13.3. The molecule has 1 atom stereocenters. The first-order chi connectivity index (χ1) is 17.7. The molecule has 1 aliphatic carbocycles. The van der Waals surface area contributed by atoms with Gasteiger partial charge in [0.15, 0.2) is 12.4 Å². The normalized spacial score (nSPS) is 17.5. The topological polar surface area (TPSA) is 97.0 Å². The van der Waals surface area contributed by atoms with Crippen molar-refractivity contribution in [2.24, 2.45) is 0 Å². The lowest BCUT2D eigenvalue weighted by atomic mass is 9.92. The molecule has 3 aromatic rings. The summed E-state index contributed by atoms with van der Waals surface area (Å²) in [6.45, 7) is 3.31. The molecule has 0 bridgehead atoms. The van der Waals surface area contributed by atoms with Gasteiger partial charge in [-0.25, -0.2) is 13.6 Å². The van der Waals surface area contributed by atoms with Gasteiger partial charge in [-0.15, -0.1) is 0 Å². The Hall–Kier alpha value is -3.37. The van der Waals surface area contributed by atoms with E-state index in [0.717, 1.165) is 48.3 Å². The number of hydrogen-bond acceptors (Lipinski definition) is 6. The number of nitrogens with zero attached hydrogens (tertiary/aromatic N) is 1. The standard InChI is InChI=1S/C27H31F2N3O5/c1-16(27(2,28)29)37-26(33)31-18-8-6-17(7-9-18)25-24(30)21-11-10-20(36-15-23-34-12-13-35-23)14-22(21)32(25)19-4-3-5-19/h6-11,14,16,19,23H,3-5,12-13,15,30H2,1-2H3,(H,31,33). The zero-order valence-corrected chi connectivity index (χ0v) is 20.8. The molecule has 37 heavy (non-hydrogen) atoms. The molecule has 1 aliphatic heterocycles. The molecule has 5 rings (SSSR count). The second-order valence-corrected chi connectivity index (χ2v) is 9.58. The Bertz CT molecular complexity index is 1260. The number of halogens is 2. The molecular formula is C27H31F2N3O5. The Balaban J connectivity index is 1.39. The summed E-state index contributed by atoms with van der Waals surface area (Å²) in [5.74, 6) is -2.42. The van der Waals surface area contributed by atoms with Gasteiger partial charge in [0.2, 0.25) is 0 Å². The lowest BCUT2D eigenvalue weighted by Crippen LogP contribution is -2.33. The third-order valence-electron chi connectivity index (χ3n) is 6.93. The number of alkyl halides is 2. The molecule has 1 saturated carbocycles. The van der Waals surface area contributed by atoms with Crippen molar-refractivity contribution in [1.29, 1.82) is 0 Å². The Kier molecular flexibility index (Phi) is 6.96. The largest absolute Gasteiger partial charge is 0.488 e. The van der Waals surface area contributed by atoms with Gasteiger partial charge in [0.1, 0.15) is 12.4 Å². The molecule has 1 aromatic heterocycles. The number of carbonyl (C=O) groups excluding carboxylic acids is 1. The number of ether oxygens (including phenoxy) is 4. The Morgan fingerprint density at radius 1 is 1.19 bits per heavy atom. The van der Waals surface area contributed by atoms with Crippen LogP contribution in [0.4, 0.5) is 25.0 Å². The molecule has 2 fully saturated rings. The molecule has 3 N–H and O–H groups in total. The van der Waals surface area contributed by atoms with Crippen LogP contribution in [0.3, 0.4) is 0 Å². The van der Waals surface area contributed by atoms with Crippen LogP contribution in [0.5, 0.6) is 5.75 Å². The fourth-order valence-corrected chi connectivity index (χ4v) is 4.52. The number of amides is 1. The lowest BCUT2D eigenvalue weighted by Gasteiger charge is -2.30. The number of benzene rings is 2. The summed E-state index contributed by atoms with van der Waals surface area (Å²) >= 11 is 0. The van der Waals surface area contributed by atoms with E-state index in [9.17, 15) is 13.6 Å². The second-order valence-electron chi connectivity index (χ2n) is 9.58. The molecule has 2 heterocycles. The first kappa shape index (κ1) is 25.3. The van der Waals surface area contributed by atoms with Crippen LogP contribution in [-0.4, -0.2) is 48.8 Å². The number of rotatable bonds is 8. The predicted octanol–water partition coefficient (Wildman–Crippen LogP) is 5.96. The molecule has 8 nitrogen and oxygen atoms in total. The van der Waals surface area contributed by atoms with Crippen molar-refractivity contribution >= 4 is 28.4 Å². The summed E-state index contributed by atoms with van der Waals surface area (Å²) in [7, 11) is 0. The first-order valence-corrected chi connectivity index (χ1v) is 12.5. The van der Waals surface area contributed by atoms with E-state index in [4.69, 9.17) is 24.7 Å². The van der Waals surface area contributed by atoms with Gasteiger partial charge in [-0.3, -0.25) is 5.32 Å². The molecule has 0 radical (unpaired) electrons. The number of aromatic nitrogens is 1. The van der Waals surface area contributed by atoms with E-state index in [1.165, 1.54) is 0 Å². The van der Waals surface area contributed by atoms with Crippen molar-refractivity contribution < 1.29 is 32.5 Å². The van der Waals surface area contributed by atoms with Gasteiger partial charge in [-0.05, 0) is 50.5 Å². The minimum atomic E-state index is -3.13. The van der Waals surface area contributed by atoms with E-state index in [1.807, 2.05) is 30.3 Å². The van der Waals surface area contributed by atoms with Gasteiger partial charge in [0, 0.05) is 35.7 Å². The van der Waals surface area contributed by atoms with Crippen molar-refractivity contribution in [3.63, 3.8) is 0 Å². The van der Waals surface area contributed by atoms with Gasteiger partial charge < -0.3 is 29.2 Å². The molecule has 198 valence electrons. The van der Waals surface area contributed by atoms with Crippen LogP contribution in [0.25, 0.3) is 22.2 Å². The van der Waals surface area contributed by atoms with Gasteiger partial charge in [0.05, 0.1) is 30.1 Å². The lowest BCUT2D eigenvalue weighted by molar-refractivity contribution is -0.0856. The highest BCUT2D eigenvalue weighted by molar-refractivity contribution is 6.01. The highest BCUT2D eigenvalue weighted by Crippen LogP contribution is 2.45. The molecule has 1 unspecified atom stereocenters. The van der Waals surface area contributed by atoms with Crippen LogP contribution >= 0.6 is 0 Å². The molecule has 1 saturated heterocycles. The monoisotopic (exact) mass is 515 g/mol. The number of nitrogens with two attached hydrogens (primary N) is 1. The van der Waals surface area contributed by atoms with Crippen LogP contribution < -0.4 is 15.8 Å². The van der Waals surface area contributed by atoms with Crippen molar-refractivity contribution in [2.45, 2.75) is 57.5 Å². The third kappa shape index (κ3) is 5.35. The highest BCUT2D eigenvalue weighted by Gasteiger charge is 2.33. The van der Waals surface area contributed by atoms with Crippen LogP contribution in [0.1, 0.15) is 39.2 Å². The highest BCUT2D eigenvalue weighted by atomic mass is 19.3. The summed E-state index contributed by atoms with van der Waals surface area (Å²) in [4.78, 5) is 12.0. The molecule has 10 heteroatoms. The van der Waals surface area contributed by atoms with Crippen LogP contribution in [0.2, 0.25) is 0 Å². The zero-order chi connectivity index (χ0) is 26.2. The fourth-order valence-electron chi connectivity index (χ4n) is 4.52. The van der Waals surface area contributed by atoms with Crippen molar-refractivity contribution in [3.05, 3.63) is 42.5 Å². The summed E-state index contributed by atoms with van der Waals surface area (Å²) in [5, 5.41) is 3.43. The summed E-state index contributed by atoms with van der Waals surface area (Å²) in [6.07, 6.45) is 0.410. The minimum Gasteiger partial charge on any atom is -0.488 e. The van der Waals surface area contributed by atoms with Gasteiger partial charge in [0.25, 0.3) is 5.92 Å². The van der Waals surface area contributed by atoms with Gasteiger partial charge in [-0.1, -0.05) is 12.1 Å². The summed E-state index contributed by atoms with van der Waals surface area (Å²) < 4.78 is 50.5. The number of nitrogens with one attached hydrogen (secondary N) is 1. The Morgan fingerprint density at radius 2 is 1.89 bits per heavy atom. The van der Waals surface area contributed by atoms with Crippen LogP contribution in [0.15, 0.2) is 42.5 Å². The average molecular weight is 516 g/mol. The van der Waals surface area contributed by atoms with E-state index in [1.54, 1.807) is 12.1 Å². The zero-order valence-electron chi connectivity index (χ0n) is 20.8. The average Bonchev–Trinajstić information content (AvgIpc) is 3.43. The fraction of sp³-hybridized carbons (Fsp3) is 0.444. The second kappa shape index (κ2) is 10.2. The smallest absolute Gasteiger partial charge is 0.412 e. The minimum absolute atomic E-state index is 0.309. The molecule has 0 spiro atoms. The van der Waals surface area contributed by atoms with Crippen molar-refractivity contribution in [2.75, 3.05) is 30.9 Å². The quantitative estimate of drug-likeness (QED) is 0.384. The number of nitrogen functional groups attached to an aromatic ring is 1. The predicted molar refractivity (Wildman–Crippen MR) is 136 cm³/mol. The number of hydrogen-bond donors (Lipinski definition) is 2. The summed E-state index contributed by atoms with van der Waals surface area (Å²) in [6, 6.07) is 13.3. The maximum Gasteiger partial charge on any atom is 0.412 e. The van der Waals surface area contributed by atoms with Gasteiger partial charge in [-0.2, -0.15) is 0 Å². The van der Waals surface area contributed by atoms with Crippen molar-refractivity contribution in [3.8, 4) is 17.0 Å². The first-order valence-electron chi connectivity index (χ1n) is 12.5. The van der Waals surface area contributed by atoms with E-state index in [-0.39, 0.29) is 6.29 Å². The van der Waals surface area contributed by atoms with Crippen LogP contribution in [0, 0.1) is 0 Å². The summed E-state index contributed by atoms with van der Waals surface area (Å²) in [5.41, 5.74) is 10.5. The van der Waals surface area contributed by atoms with E-state index in [0.29, 0.717) is 49.9 Å². The molecule has 1 amide bonds. The van der Waals surface area contributed by atoms with E-state index < -0.39 is 18.1 Å². The SMILES string of the molecule is CC(OC(=O)Nc1ccc(-c2c(N)c3ccc(OCC4OCCO4)cc3n2C2CCC2)cc1)C(C)(F)F. The number of carbonyl (C=O) groups is 1. The maximum atomic E-state index is 13.3. The van der Waals surface area contributed by atoms with Crippen LogP contribution in [-0.2, 0) is 14.2 Å². The van der Waals surface area contributed by atoms with E-state index in [2.05, 4.69) is 9.88 Å². The molecule has 2 aliphatic rings. The third-order valence-corrected chi connectivity index (χ3v) is 6.93. The van der Waals surface area contributed by atoms with E-state index >= 15 is 0 Å². The number of anilines is 2. The van der Waals surface area contributed by atoms with Crippen molar-refractivity contribution in [1.82, 2.24) is 4.57 Å². The molecule has 2 aromatic carbocycles.